The molecule has 1 heterocycles. The van der Waals surface area contributed by atoms with E-state index in [1.165, 1.54) is 18.6 Å². The van der Waals surface area contributed by atoms with Gasteiger partial charge in [-0.25, -0.2) is 0 Å². The number of nitrogens with two attached hydrogens (primary N) is 1. The van der Waals surface area contributed by atoms with Gasteiger partial charge in [-0.05, 0) is 0 Å². The molecule has 0 saturated carbocycles. The summed E-state index contributed by atoms with van der Waals surface area (Å²) in [7, 11) is 0. The fourth-order valence-corrected chi connectivity index (χ4v) is 0.676. The Morgan fingerprint density at radius 1 is 1.70 bits per heavy atom. The second kappa shape index (κ2) is 2.58. The molecule has 3 nitrogen and oxygen atoms in total. The average Bonchev–Trinajstić information content (AvgIpc) is 2.34. The number of furan rings is 1. The van der Waals surface area contributed by atoms with Gasteiger partial charge in [-0.2, -0.15) is 0 Å². The lowest BCUT2D eigenvalue weighted by Crippen LogP contribution is -2.04. The summed E-state index contributed by atoms with van der Waals surface area (Å²) in [5.41, 5.74) is 6.07. The first-order chi connectivity index (χ1) is 4.75. The van der Waals surface area contributed by atoms with Crippen molar-refractivity contribution in [3.63, 3.8) is 0 Å². The first kappa shape index (κ1) is 6.89. The van der Waals surface area contributed by atoms with E-state index in [9.17, 15) is 0 Å². The second-order valence-electron chi connectivity index (χ2n) is 1.97. The summed E-state index contributed by atoms with van der Waals surface area (Å²) in [6.07, 6.45) is 4.17. The zero-order valence-electron chi connectivity index (χ0n) is 5.45. The van der Waals surface area contributed by atoms with Crippen LogP contribution >= 0.6 is 0 Å². The van der Waals surface area contributed by atoms with E-state index in [0.717, 1.165) is 0 Å². The van der Waals surface area contributed by atoms with E-state index in [1.54, 1.807) is 0 Å². The molecule has 0 aromatic carbocycles. The van der Waals surface area contributed by atoms with Crippen molar-refractivity contribution in [1.29, 1.82) is 0 Å². The monoisotopic (exact) mass is 139 g/mol. The molecule has 0 unspecified atom stereocenters. The van der Waals surface area contributed by atoms with Crippen LogP contribution in [0.15, 0.2) is 29.6 Å². The van der Waals surface area contributed by atoms with Crippen molar-refractivity contribution < 1.29 is 9.52 Å². The van der Waals surface area contributed by atoms with E-state index in [1.807, 2.05) is 0 Å². The largest absolute Gasteiger partial charge is 0.504 e. The van der Waals surface area contributed by atoms with Crippen molar-refractivity contribution in [1.82, 2.24) is 0 Å². The molecule has 0 amide bonds. The lowest BCUT2D eigenvalue weighted by molar-refractivity contribution is 0.454. The van der Waals surface area contributed by atoms with Gasteiger partial charge in [0.15, 0.2) is 5.75 Å². The molecular formula is C7H9NO2. The molecule has 0 aliphatic carbocycles. The lowest BCUT2D eigenvalue weighted by atomic mass is 10.1. The lowest BCUT2D eigenvalue weighted by Gasteiger charge is -2.00. The third-order valence-corrected chi connectivity index (χ3v) is 1.28. The minimum atomic E-state index is -0.348. The predicted octanol–water partition coefficient (Wildman–Crippen LogP) is 1.17. The highest BCUT2D eigenvalue weighted by molar-refractivity contribution is 5.31. The molecule has 0 aliphatic heterocycles. The number of hydrogen-bond acceptors (Lipinski definition) is 3. The Morgan fingerprint density at radius 3 is 2.80 bits per heavy atom. The molecule has 0 radical (unpaired) electrons. The van der Waals surface area contributed by atoms with Crippen LogP contribution in [-0.2, 0) is 0 Å². The number of rotatable bonds is 2. The quantitative estimate of drug-likeness (QED) is 0.604. The van der Waals surface area contributed by atoms with Crippen LogP contribution in [0.5, 0.6) is 5.75 Å². The molecule has 3 N–H and O–H groups in total. The minimum absolute atomic E-state index is 0.0763. The van der Waals surface area contributed by atoms with Gasteiger partial charge in [-0.3, -0.25) is 0 Å². The van der Waals surface area contributed by atoms with Crippen molar-refractivity contribution >= 4 is 0 Å². The fraction of sp³-hybridized carbons (Fsp3) is 0.143. The zero-order chi connectivity index (χ0) is 7.56. The Bertz CT molecular complexity index is 229. The summed E-state index contributed by atoms with van der Waals surface area (Å²) >= 11 is 0. The van der Waals surface area contributed by atoms with Gasteiger partial charge in [0, 0.05) is 0 Å². The zero-order valence-corrected chi connectivity index (χ0v) is 5.45. The van der Waals surface area contributed by atoms with Crippen molar-refractivity contribution in [2.75, 3.05) is 0 Å². The van der Waals surface area contributed by atoms with Crippen LogP contribution in [0.1, 0.15) is 11.6 Å². The first-order valence-electron chi connectivity index (χ1n) is 2.89. The third kappa shape index (κ3) is 1.04. The SMILES string of the molecule is C=C[C@H](N)c1cocc1O. The molecule has 1 rings (SSSR count). The van der Waals surface area contributed by atoms with Crippen LogP contribution < -0.4 is 5.73 Å². The molecule has 0 aliphatic rings. The van der Waals surface area contributed by atoms with E-state index in [0.29, 0.717) is 5.56 Å². The van der Waals surface area contributed by atoms with Gasteiger partial charge in [0.05, 0.1) is 17.9 Å². The molecular weight excluding hydrogens is 130 g/mol. The summed E-state index contributed by atoms with van der Waals surface area (Å²) in [6, 6.07) is -0.348. The van der Waals surface area contributed by atoms with E-state index in [-0.39, 0.29) is 11.8 Å². The molecule has 1 atom stereocenters. The summed E-state index contributed by atoms with van der Waals surface area (Å²) in [5, 5.41) is 9.03. The first-order valence-corrected chi connectivity index (χ1v) is 2.89. The van der Waals surface area contributed by atoms with Crippen molar-refractivity contribution in [2.24, 2.45) is 5.73 Å². The smallest absolute Gasteiger partial charge is 0.158 e. The highest BCUT2D eigenvalue weighted by Gasteiger charge is 2.08. The Balaban J connectivity index is 2.92. The van der Waals surface area contributed by atoms with Gasteiger partial charge in [0.1, 0.15) is 6.26 Å². The van der Waals surface area contributed by atoms with Crippen LogP contribution in [0, 0.1) is 0 Å². The molecule has 3 heteroatoms. The van der Waals surface area contributed by atoms with Gasteiger partial charge < -0.3 is 15.3 Å². The maximum absolute atomic E-state index is 9.03. The molecule has 0 saturated heterocycles. The number of hydrogen-bond donors (Lipinski definition) is 2. The Labute approximate surface area is 58.8 Å². The highest BCUT2D eigenvalue weighted by atomic mass is 16.3. The summed E-state index contributed by atoms with van der Waals surface area (Å²) < 4.78 is 4.69. The molecule has 0 bridgehead atoms. The van der Waals surface area contributed by atoms with Crippen molar-refractivity contribution in [2.45, 2.75) is 6.04 Å². The van der Waals surface area contributed by atoms with Crippen LogP contribution in [-0.4, -0.2) is 5.11 Å². The molecule has 0 fully saturated rings. The number of aromatic hydroxyl groups is 1. The van der Waals surface area contributed by atoms with Crippen LogP contribution in [0.4, 0.5) is 0 Å². The highest BCUT2D eigenvalue weighted by Crippen LogP contribution is 2.23. The minimum Gasteiger partial charge on any atom is -0.504 e. The van der Waals surface area contributed by atoms with Gasteiger partial charge >= 0.3 is 0 Å². The van der Waals surface area contributed by atoms with E-state index >= 15 is 0 Å². The Morgan fingerprint density at radius 2 is 2.40 bits per heavy atom. The summed E-state index contributed by atoms with van der Waals surface area (Å²) in [4.78, 5) is 0. The fourth-order valence-electron chi connectivity index (χ4n) is 0.676. The normalized spacial score (nSPS) is 12.9. The molecule has 1 aromatic heterocycles. The van der Waals surface area contributed by atoms with Crippen LogP contribution in [0.25, 0.3) is 0 Å². The van der Waals surface area contributed by atoms with Gasteiger partial charge in [0.2, 0.25) is 0 Å². The van der Waals surface area contributed by atoms with Gasteiger partial charge in [-0.15, -0.1) is 6.58 Å². The summed E-state index contributed by atoms with van der Waals surface area (Å²) in [5.74, 6) is 0.0763. The van der Waals surface area contributed by atoms with E-state index < -0.39 is 0 Å². The Kier molecular flexibility index (Phi) is 1.78. The topological polar surface area (TPSA) is 59.4 Å². The van der Waals surface area contributed by atoms with Gasteiger partial charge in [0.25, 0.3) is 0 Å². The molecule has 0 spiro atoms. The van der Waals surface area contributed by atoms with Crippen molar-refractivity contribution in [3.8, 4) is 5.75 Å². The maximum atomic E-state index is 9.03. The molecule has 54 valence electrons. The predicted molar refractivity (Wildman–Crippen MR) is 37.5 cm³/mol. The standard InChI is InChI=1S/C7H9NO2/c1-2-6(8)5-3-10-4-7(5)9/h2-4,6,9H,1,8H2/t6-/m0/s1. The average molecular weight is 139 g/mol. The van der Waals surface area contributed by atoms with Gasteiger partial charge in [-0.1, -0.05) is 6.08 Å². The Hall–Kier alpha value is -1.22. The second-order valence-corrected chi connectivity index (χ2v) is 1.97. The molecule has 1 aromatic rings. The summed E-state index contributed by atoms with van der Waals surface area (Å²) in [6.45, 7) is 3.48. The molecule has 10 heavy (non-hydrogen) atoms. The van der Waals surface area contributed by atoms with Crippen LogP contribution in [0.2, 0.25) is 0 Å². The third-order valence-electron chi connectivity index (χ3n) is 1.28. The van der Waals surface area contributed by atoms with E-state index in [2.05, 4.69) is 6.58 Å². The van der Waals surface area contributed by atoms with E-state index in [4.69, 9.17) is 15.3 Å². The maximum Gasteiger partial charge on any atom is 0.158 e. The van der Waals surface area contributed by atoms with Crippen molar-refractivity contribution in [3.05, 3.63) is 30.7 Å². The van der Waals surface area contributed by atoms with Crippen LogP contribution in [0.3, 0.4) is 0 Å².